The number of hydrogen-bond acceptors (Lipinski definition) is 7. The van der Waals surface area contributed by atoms with Gasteiger partial charge in [0.2, 0.25) is 11.8 Å². The number of carbonyl (C=O) groups excluding carboxylic acids is 4. The van der Waals surface area contributed by atoms with Gasteiger partial charge >= 0.3 is 6.09 Å². The van der Waals surface area contributed by atoms with Crippen molar-refractivity contribution in [3.8, 4) is 0 Å². The van der Waals surface area contributed by atoms with Gasteiger partial charge in [-0.05, 0) is 89.5 Å². The summed E-state index contributed by atoms with van der Waals surface area (Å²) in [7, 11) is 0. The lowest BCUT2D eigenvalue weighted by molar-refractivity contribution is -0.256. The molecule has 1 aromatic rings. The van der Waals surface area contributed by atoms with Crippen LogP contribution in [0.15, 0.2) is 42.5 Å². The van der Waals surface area contributed by atoms with Gasteiger partial charge in [-0.2, -0.15) is 5.06 Å². The normalized spacial score (nSPS) is 21.1. The van der Waals surface area contributed by atoms with Gasteiger partial charge in [0.25, 0.3) is 0 Å². The minimum atomic E-state index is -0.720. The van der Waals surface area contributed by atoms with E-state index >= 15 is 0 Å². The zero-order valence-corrected chi connectivity index (χ0v) is 32.7. The molecule has 1 aromatic carbocycles. The van der Waals surface area contributed by atoms with Crippen molar-refractivity contribution in [2.24, 2.45) is 23.7 Å². The van der Waals surface area contributed by atoms with Crippen LogP contribution in [0.2, 0.25) is 0 Å². The first kappa shape index (κ1) is 42.2. The van der Waals surface area contributed by atoms with Crippen LogP contribution in [0.5, 0.6) is 0 Å². The summed E-state index contributed by atoms with van der Waals surface area (Å²) in [6, 6.07) is 8.61. The highest BCUT2D eigenvalue weighted by Crippen LogP contribution is 2.38. The third-order valence-corrected chi connectivity index (χ3v) is 10.1. The Balaban J connectivity index is 1.63. The fourth-order valence-electron chi connectivity index (χ4n) is 7.85. The molecule has 2 aliphatic rings. The summed E-state index contributed by atoms with van der Waals surface area (Å²) < 4.78 is 5.72. The van der Waals surface area contributed by atoms with Crippen LogP contribution in [0.1, 0.15) is 119 Å². The van der Waals surface area contributed by atoms with Crippen molar-refractivity contribution in [1.29, 1.82) is 0 Å². The largest absolute Gasteiger partial charge is 0.446 e. The van der Waals surface area contributed by atoms with E-state index in [1.165, 1.54) is 5.06 Å². The number of nitrogens with one attached hydrogen (secondary N) is 2. The van der Waals surface area contributed by atoms with Crippen molar-refractivity contribution in [3.05, 3.63) is 48.0 Å². The van der Waals surface area contributed by atoms with Gasteiger partial charge in [0.15, 0.2) is 5.78 Å². The average molecular weight is 711 g/mol. The maximum Gasteiger partial charge on any atom is 0.407 e. The predicted octanol–water partition coefficient (Wildman–Crippen LogP) is 7.09. The van der Waals surface area contributed by atoms with Gasteiger partial charge in [-0.1, -0.05) is 77.1 Å². The zero-order chi connectivity index (χ0) is 37.9. The number of hydrogen-bond donors (Lipinski definition) is 3. The maximum absolute atomic E-state index is 14.1. The number of allylic oxidation sites excluding steroid dienone is 1. The first-order chi connectivity index (χ1) is 23.9. The number of benzene rings is 1. The lowest BCUT2D eigenvalue weighted by Crippen LogP contribution is -2.60. The van der Waals surface area contributed by atoms with Gasteiger partial charge in [-0.25, -0.2) is 4.79 Å². The van der Waals surface area contributed by atoms with Gasteiger partial charge in [-0.15, -0.1) is 0 Å². The standard InChI is InChI=1S/C41H66N4O6/c1-28(2)23-30(5)19-20-32(25-31-15-11-10-12-16-31)38(48)44-22-14-18-35(44)37(47)43-34(36(46)24-29(3)4)17-13-21-42-39(49)51-33-26-40(6,7)45(50)41(8,9)27-33/h10-12,15-16,19-20,28-30,32-35,50H,13-14,17-18,21-27H2,1-9H3,(H,42,49)(H,43,47)/b20-19+/t30-,32-,34+,35+/m1/s1. The third-order valence-electron chi connectivity index (χ3n) is 10.1. The first-order valence-corrected chi connectivity index (χ1v) is 19.2. The van der Waals surface area contributed by atoms with Crippen LogP contribution in [-0.4, -0.2) is 81.2 Å². The second-order valence-corrected chi connectivity index (χ2v) is 17.0. The van der Waals surface area contributed by atoms with E-state index in [0.717, 1.165) is 18.4 Å². The minimum Gasteiger partial charge on any atom is -0.446 e. The molecular weight excluding hydrogens is 644 g/mol. The lowest BCUT2D eigenvalue weighted by atomic mass is 9.80. The number of alkyl carbamates (subject to hydrolysis) is 1. The van der Waals surface area contributed by atoms with Crippen LogP contribution in [0.3, 0.4) is 0 Å². The summed E-state index contributed by atoms with van der Waals surface area (Å²) in [6.45, 7) is 18.9. The molecule has 3 rings (SSSR count). The lowest BCUT2D eigenvalue weighted by Gasteiger charge is -2.50. The molecule has 0 aliphatic carbocycles. The SMILES string of the molecule is CC(C)CC(=O)[C@H](CCCNC(=O)OC1CC(C)(C)N(O)C(C)(C)C1)NC(=O)[C@@H]1CCCN1C(=O)[C@H](/C=C/[C@@H](C)CC(C)C)Cc1ccccc1. The van der Waals surface area contributed by atoms with E-state index in [0.29, 0.717) is 63.3 Å². The Kier molecular flexibility index (Phi) is 15.7. The Labute approximate surface area is 307 Å². The molecule has 2 saturated heterocycles. The summed E-state index contributed by atoms with van der Waals surface area (Å²) in [5, 5.41) is 17.7. The number of amides is 3. The highest BCUT2D eigenvalue weighted by atomic mass is 16.6. The maximum atomic E-state index is 14.1. The topological polar surface area (TPSA) is 128 Å². The van der Waals surface area contributed by atoms with Crippen molar-refractivity contribution in [3.63, 3.8) is 0 Å². The van der Waals surface area contributed by atoms with Crippen LogP contribution in [0.4, 0.5) is 4.79 Å². The molecule has 3 amide bonds. The van der Waals surface area contributed by atoms with E-state index < -0.39 is 35.2 Å². The van der Waals surface area contributed by atoms with E-state index in [1.807, 2.05) is 78.0 Å². The zero-order valence-electron chi connectivity index (χ0n) is 32.7. The van der Waals surface area contributed by atoms with E-state index in [4.69, 9.17) is 4.74 Å². The summed E-state index contributed by atoms with van der Waals surface area (Å²) in [5.74, 6) is 0.189. The molecule has 2 aliphatic heterocycles. The summed E-state index contributed by atoms with van der Waals surface area (Å²) in [5.41, 5.74) is -0.0165. The van der Waals surface area contributed by atoms with Crippen molar-refractivity contribution < 1.29 is 29.1 Å². The molecule has 2 heterocycles. The number of ketones is 1. The van der Waals surface area contributed by atoms with Crippen LogP contribution in [-0.2, 0) is 25.5 Å². The van der Waals surface area contributed by atoms with Gasteiger partial charge < -0.3 is 25.5 Å². The van der Waals surface area contributed by atoms with Crippen molar-refractivity contribution in [2.75, 3.05) is 13.1 Å². The average Bonchev–Trinajstić information content (AvgIpc) is 3.53. The molecule has 10 nitrogen and oxygen atoms in total. The molecule has 0 saturated carbocycles. The number of Topliss-reactive ketones (excluding diaryl/α,β-unsaturated/α-hetero) is 1. The fraction of sp³-hybridized carbons (Fsp3) is 0.707. The van der Waals surface area contributed by atoms with Gasteiger partial charge in [0.05, 0.1) is 12.0 Å². The van der Waals surface area contributed by atoms with E-state index in [1.54, 1.807) is 4.90 Å². The number of ether oxygens (including phenoxy) is 1. The Morgan fingerprint density at radius 1 is 0.961 bits per heavy atom. The molecule has 0 unspecified atom stereocenters. The van der Waals surface area contributed by atoms with Crippen molar-refractivity contribution in [2.45, 2.75) is 149 Å². The van der Waals surface area contributed by atoms with Gasteiger partial charge in [0, 0.05) is 43.4 Å². The fourth-order valence-corrected chi connectivity index (χ4v) is 7.85. The van der Waals surface area contributed by atoms with E-state index in [2.05, 4.69) is 37.5 Å². The van der Waals surface area contributed by atoms with Crippen LogP contribution in [0.25, 0.3) is 0 Å². The molecule has 0 aromatic heterocycles. The Morgan fingerprint density at radius 2 is 1.61 bits per heavy atom. The number of piperidine rings is 1. The van der Waals surface area contributed by atoms with Gasteiger partial charge in [-0.3, -0.25) is 14.4 Å². The molecule has 0 bridgehead atoms. The molecule has 0 spiro atoms. The highest BCUT2D eigenvalue weighted by Gasteiger charge is 2.46. The van der Waals surface area contributed by atoms with Gasteiger partial charge in [0.1, 0.15) is 12.1 Å². The van der Waals surface area contributed by atoms with Crippen molar-refractivity contribution in [1.82, 2.24) is 20.6 Å². The quantitative estimate of drug-likeness (QED) is 0.116. The molecule has 4 atom stereocenters. The molecule has 286 valence electrons. The Bertz CT molecular complexity index is 1310. The number of nitrogens with zero attached hydrogens (tertiary/aromatic N) is 2. The third kappa shape index (κ3) is 13.0. The van der Waals surface area contributed by atoms with Crippen molar-refractivity contribution >= 4 is 23.7 Å². The summed E-state index contributed by atoms with van der Waals surface area (Å²) in [6.07, 6.45) is 8.27. The van der Waals surface area contributed by atoms with E-state index in [9.17, 15) is 24.4 Å². The first-order valence-electron chi connectivity index (χ1n) is 19.2. The molecule has 51 heavy (non-hydrogen) atoms. The molecular formula is C41H66N4O6. The minimum absolute atomic E-state index is 0.0546. The molecule has 10 heteroatoms. The monoisotopic (exact) mass is 710 g/mol. The summed E-state index contributed by atoms with van der Waals surface area (Å²) >= 11 is 0. The van der Waals surface area contributed by atoms with Crippen LogP contribution >= 0.6 is 0 Å². The number of rotatable bonds is 17. The molecule has 2 fully saturated rings. The molecule has 3 N–H and O–H groups in total. The van der Waals surface area contributed by atoms with Crippen LogP contribution in [0, 0.1) is 23.7 Å². The number of carbonyl (C=O) groups is 4. The Morgan fingerprint density at radius 3 is 2.22 bits per heavy atom. The smallest absolute Gasteiger partial charge is 0.407 e. The second-order valence-electron chi connectivity index (χ2n) is 17.0. The predicted molar refractivity (Wildman–Crippen MR) is 201 cm³/mol. The Hall–Kier alpha value is -3.24. The molecule has 0 radical (unpaired) electrons. The second kappa shape index (κ2) is 19.0. The highest BCUT2D eigenvalue weighted by molar-refractivity contribution is 5.93. The number of likely N-dealkylation sites (tertiary alicyclic amines) is 1. The van der Waals surface area contributed by atoms with Crippen LogP contribution < -0.4 is 10.6 Å². The number of hydroxylamine groups is 2. The summed E-state index contributed by atoms with van der Waals surface area (Å²) in [4.78, 5) is 55.7. The van der Waals surface area contributed by atoms with E-state index in [-0.39, 0.29) is 36.2 Å².